The third kappa shape index (κ3) is 4.77. The number of benzene rings is 3. The molecule has 29 heavy (non-hydrogen) atoms. The zero-order chi connectivity index (χ0) is 21.0. The van der Waals surface area contributed by atoms with Gasteiger partial charge in [-0.1, -0.05) is 30.3 Å². The lowest BCUT2D eigenvalue weighted by Crippen LogP contribution is -2.18. The molecule has 0 aliphatic heterocycles. The van der Waals surface area contributed by atoms with E-state index < -0.39 is 20.9 Å². The molecule has 148 valence electrons. The Morgan fingerprint density at radius 3 is 2.41 bits per heavy atom. The summed E-state index contributed by atoms with van der Waals surface area (Å²) in [6.07, 6.45) is 0. The number of sulfonamides is 1. The maximum absolute atomic E-state index is 12.7. The molecule has 0 fully saturated rings. The molecule has 9 heteroatoms. The van der Waals surface area contributed by atoms with Crippen LogP contribution in [0.4, 0.5) is 17.1 Å². The summed E-state index contributed by atoms with van der Waals surface area (Å²) in [5, 5.41) is 13.6. The Balaban J connectivity index is 1.89. The summed E-state index contributed by atoms with van der Waals surface area (Å²) in [6, 6.07) is 18.0. The average molecular weight is 411 g/mol. The van der Waals surface area contributed by atoms with Crippen LogP contribution in [0.2, 0.25) is 0 Å². The number of hydrogen-bond donors (Lipinski definition) is 2. The van der Waals surface area contributed by atoms with Crippen molar-refractivity contribution in [3.05, 3.63) is 94.0 Å². The maximum Gasteiger partial charge on any atom is 0.270 e. The highest BCUT2D eigenvalue weighted by Gasteiger charge is 2.20. The van der Waals surface area contributed by atoms with Crippen LogP contribution in [-0.2, 0) is 10.0 Å². The Bertz CT molecular complexity index is 1190. The lowest BCUT2D eigenvalue weighted by Gasteiger charge is -2.13. The minimum atomic E-state index is -4.14. The number of anilines is 2. The molecular weight excluding hydrogens is 394 g/mol. The number of rotatable bonds is 6. The second-order valence-electron chi connectivity index (χ2n) is 6.23. The summed E-state index contributed by atoms with van der Waals surface area (Å²) in [4.78, 5) is 22.6. The number of nitrogens with zero attached hydrogens (tertiary/aromatic N) is 1. The van der Waals surface area contributed by atoms with E-state index in [-0.39, 0.29) is 21.8 Å². The standard InChI is InChI=1S/C20H17N3O5S/c1-14-6-4-7-15(12-14)21-20(24)18-10-2-3-11-19(18)22-29(27,28)17-9-5-8-16(13-17)23(25)26/h2-13,22H,1H3,(H,21,24). The van der Waals surface area contributed by atoms with Gasteiger partial charge in [0.05, 0.1) is 21.1 Å². The van der Waals surface area contributed by atoms with Crippen LogP contribution in [0.15, 0.2) is 77.7 Å². The van der Waals surface area contributed by atoms with Gasteiger partial charge < -0.3 is 5.32 Å². The molecule has 0 aromatic heterocycles. The van der Waals surface area contributed by atoms with Gasteiger partial charge in [-0.15, -0.1) is 0 Å². The number of carbonyl (C=O) groups is 1. The molecule has 0 saturated carbocycles. The molecule has 3 aromatic rings. The maximum atomic E-state index is 12.7. The third-order valence-electron chi connectivity index (χ3n) is 4.03. The van der Waals surface area contributed by atoms with E-state index in [4.69, 9.17) is 0 Å². The number of nitrogens with one attached hydrogen (secondary N) is 2. The van der Waals surface area contributed by atoms with Crippen LogP contribution in [-0.4, -0.2) is 19.2 Å². The third-order valence-corrected chi connectivity index (χ3v) is 5.39. The quantitative estimate of drug-likeness (QED) is 0.470. The summed E-state index contributed by atoms with van der Waals surface area (Å²) in [6.45, 7) is 1.89. The number of amides is 1. The molecule has 8 nitrogen and oxygen atoms in total. The van der Waals surface area contributed by atoms with Crippen molar-refractivity contribution < 1.29 is 18.1 Å². The first-order valence-electron chi connectivity index (χ1n) is 8.50. The molecule has 3 rings (SSSR count). The van der Waals surface area contributed by atoms with E-state index in [0.29, 0.717) is 5.69 Å². The first-order chi connectivity index (χ1) is 13.8. The van der Waals surface area contributed by atoms with Crippen molar-refractivity contribution in [1.29, 1.82) is 0 Å². The summed E-state index contributed by atoms with van der Waals surface area (Å²) in [5.74, 6) is -0.493. The van der Waals surface area contributed by atoms with Crippen molar-refractivity contribution in [1.82, 2.24) is 0 Å². The van der Waals surface area contributed by atoms with Crippen molar-refractivity contribution in [3.63, 3.8) is 0 Å². The molecule has 0 atom stereocenters. The highest BCUT2D eigenvalue weighted by Crippen LogP contribution is 2.23. The van der Waals surface area contributed by atoms with E-state index in [1.165, 1.54) is 30.3 Å². The Morgan fingerprint density at radius 2 is 1.69 bits per heavy atom. The monoisotopic (exact) mass is 411 g/mol. The minimum absolute atomic E-state index is 0.0594. The number of non-ortho nitro benzene ring substituents is 1. The van der Waals surface area contributed by atoms with Crippen LogP contribution < -0.4 is 10.0 Å². The van der Waals surface area contributed by atoms with Crippen LogP contribution in [0.3, 0.4) is 0 Å². The average Bonchev–Trinajstić information content (AvgIpc) is 2.68. The first-order valence-corrected chi connectivity index (χ1v) is 9.99. The zero-order valence-electron chi connectivity index (χ0n) is 15.3. The van der Waals surface area contributed by atoms with E-state index >= 15 is 0 Å². The molecule has 0 aliphatic rings. The second-order valence-corrected chi connectivity index (χ2v) is 7.91. The van der Waals surface area contributed by atoms with E-state index in [0.717, 1.165) is 11.6 Å². The van der Waals surface area contributed by atoms with Gasteiger partial charge in [0, 0.05) is 17.8 Å². The largest absolute Gasteiger partial charge is 0.322 e. The SMILES string of the molecule is Cc1cccc(NC(=O)c2ccccc2NS(=O)(=O)c2cccc([N+](=O)[O-])c2)c1. The van der Waals surface area contributed by atoms with Gasteiger partial charge in [0.25, 0.3) is 21.6 Å². The first kappa shape index (κ1) is 20.0. The van der Waals surface area contributed by atoms with Crippen LogP contribution >= 0.6 is 0 Å². The van der Waals surface area contributed by atoms with Gasteiger partial charge in [-0.05, 0) is 42.8 Å². The Hall–Kier alpha value is -3.72. The molecule has 0 unspecified atom stereocenters. The molecule has 0 bridgehead atoms. The topological polar surface area (TPSA) is 118 Å². The molecule has 3 aromatic carbocycles. The van der Waals surface area contributed by atoms with E-state index in [1.54, 1.807) is 30.3 Å². The molecule has 0 saturated heterocycles. The number of nitro groups is 1. The predicted octanol–water partition coefficient (Wildman–Crippen LogP) is 3.96. The summed E-state index contributed by atoms with van der Waals surface area (Å²) in [7, 11) is -4.14. The summed E-state index contributed by atoms with van der Waals surface area (Å²) >= 11 is 0. The number of hydrogen-bond acceptors (Lipinski definition) is 5. The Labute approximate surface area is 167 Å². The van der Waals surface area contributed by atoms with Gasteiger partial charge in [-0.3, -0.25) is 19.6 Å². The van der Waals surface area contributed by atoms with Crippen LogP contribution in [0.1, 0.15) is 15.9 Å². The lowest BCUT2D eigenvalue weighted by molar-refractivity contribution is -0.385. The minimum Gasteiger partial charge on any atom is -0.322 e. The molecule has 2 N–H and O–H groups in total. The van der Waals surface area contributed by atoms with Gasteiger partial charge in [-0.25, -0.2) is 8.42 Å². The molecule has 0 heterocycles. The van der Waals surface area contributed by atoms with E-state index in [1.807, 2.05) is 13.0 Å². The van der Waals surface area contributed by atoms with Gasteiger partial charge in [0.1, 0.15) is 0 Å². The van der Waals surface area contributed by atoms with Crippen molar-refractivity contribution >= 4 is 33.0 Å². The van der Waals surface area contributed by atoms with Gasteiger partial charge >= 0.3 is 0 Å². The lowest BCUT2D eigenvalue weighted by atomic mass is 10.1. The second kappa shape index (κ2) is 8.11. The van der Waals surface area contributed by atoms with E-state index in [2.05, 4.69) is 10.0 Å². The highest BCUT2D eigenvalue weighted by atomic mass is 32.2. The van der Waals surface area contributed by atoms with Crippen molar-refractivity contribution in [2.75, 3.05) is 10.0 Å². The van der Waals surface area contributed by atoms with Crippen molar-refractivity contribution in [3.8, 4) is 0 Å². The fourth-order valence-electron chi connectivity index (χ4n) is 2.66. The smallest absolute Gasteiger partial charge is 0.270 e. The normalized spacial score (nSPS) is 10.9. The molecule has 0 spiro atoms. The molecule has 0 aliphatic carbocycles. The highest BCUT2D eigenvalue weighted by molar-refractivity contribution is 7.92. The zero-order valence-corrected chi connectivity index (χ0v) is 16.1. The predicted molar refractivity (Wildman–Crippen MR) is 109 cm³/mol. The number of aryl methyl sites for hydroxylation is 1. The Morgan fingerprint density at radius 1 is 0.966 bits per heavy atom. The number of para-hydroxylation sites is 1. The fraction of sp³-hybridized carbons (Fsp3) is 0.0500. The summed E-state index contributed by atoms with van der Waals surface area (Å²) in [5.41, 5.74) is 1.36. The van der Waals surface area contributed by atoms with Gasteiger partial charge in [0.15, 0.2) is 0 Å². The summed E-state index contributed by atoms with van der Waals surface area (Å²) < 4.78 is 27.7. The van der Waals surface area contributed by atoms with Crippen LogP contribution in [0, 0.1) is 17.0 Å². The fourth-order valence-corrected chi connectivity index (χ4v) is 3.78. The van der Waals surface area contributed by atoms with Gasteiger partial charge in [0.2, 0.25) is 0 Å². The van der Waals surface area contributed by atoms with Crippen LogP contribution in [0.25, 0.3) is 0 Å². The number of nitro benzene ring substituents is 1. The molecule has 1 amide bonds. The molecular formula is C20H17N3O5S. The van der Waals surface area contributed by atoms with E-state index in [9.17, 15) is 23.3 Å². The van der Waals surface area contributed by atoms with Gasteiger partial charge in [-0.2, -0.15) is 0 Å². The Kier molecular flexibility index (Phi) is 5.60. The van der Waals surface area contributed by atoms with Crippen LogP contribution in [0.5, 0.6) is 0 Å². The molecule has 0 radical (unpaired) electrons. The number of carbonyl (C=O) groups excluding carboxylic acids is 1. The van der Waals surface area contributed by atoms with Crippen molar-refractivity contribution in [2.45, 2.75) is 11.8 Å². The van der Waals surface area contributed by atoms with Crippen molar-refractivity contribution in [2.24, 2.45) is 0 Å².